The molecule has 3 aliphatic heterocycles. The van der Waals surface area contributed by atoms with Crippen LogP contribution in [-0.4, -0.2) is 105 Å². The molecule has 1 aromatic rings. The van der Waals surface area contributed by atoms with E-state index in [1.165, 1.54) is 22.1 Å². The van der Waals surface area contributed by atoms with Crippen molar-refractivity contribution >= 4 is 17.7 Å². The summed E-state index contributed by atoms with van der Waals surface area (Å²) in [5.74, 6) is -0.475. The third kappa shape index (κ3) is 5.56. The largest absolute Gasteiger partial charge is 0.334 e. The molecular formula is C26H42N8O4. The molecule has 210 valence electrons. The summed E-state index contributed by atoms with van der Waals surface area (Å²) in [7, 11) is 3.72. The average Bonchev–Trinajstić information content (AvgIpc) is 2.87. The zero-order valence-corrected chi connectivity index (χ0v) is 23.4. The van der Waals surface area contributed by atoms with Crippen molar-refractivity contribution in [2.75, 3.05) is 39.2 Å². The van der Waals surface area contributed by atoms with Crippen molar-refractivity contribution in [2.45, 2.75) is 77.7 Å². The Hall–Kier alpha value is -2.99. The minimum atomic E-state index is -0.876. The molecule has 3 fully saturated rings. The van der Waals surface area contributed by atoms with Gasteiger partial charge in [-0.2, -0.15) is 5.06 Å². The van der Waals surface area contributed by atoms with Crippen LogP contribution in [0.4, 0.5) is 0 Å². The number of fused-ring (bicyclic) bond motifs is 1. The lowest BCUT2D eigenvalue weighted by molar-refractivity contribution is -0.264. The van der Waals surface area contributed by atoms with Crippen molar-refractivity contribution in [1.82, 2.24) is 29.4 Å². The summed E-state index contributed by atoms with van der Waals surface area (Å²) >= 11 is 0. The van der Waals surface area contributed by atoms with Gasteiger partial charge in [-0.25, -0.2) is 9.66 Å². The van der Waals surface area contributed by atoms with Crippen LogP contribution in [0.3, 0.4) is 0 Å². The Morgan fingerprint density at radius 1 is 1.13 bits per heavy atom. The molecule has 3 aliphatic rings. The summed E-state index contributed by atoms with van der Waals surface area (Å²) < 4.78 is 1.38. The van der Waals surface area contributed by atoms with Gasteiger partial charge in [-0.1, -0.05) is 27.7 Å². The SMILES string of the molecule is CNn1cc(C(=O)N2O[C@H](CC(C)C)C(=O)N3C2CN(C2CCN(C)CC2)C(=O)[C@@H]3CC(C)C)ncc1=N. The summed E-state index contributed by atoms with van der Waals surface area (Å²) in [4.78, 5) is 57.8. The van der Waals surface area contributed by atoms with E-state index < -0.39 is 24.2 Å². The van der Waals surface area contributed by atoms with Crippen LogP contribution in [0.25, 0.3) is 0 Å². The Kier molecular flexibility index (Phi) is 8.41. The van der Waals surface area contributed by atoms with Crippen molar-refractivity contribution in [3.63, 3.8) is 0 Å². The molecule has 12 heteroatoms. The maximum absolute atomic E-state index is 14.0. The molecule has 3 atom stereocenters. The van der Waals surface area contributed by atoms with Crippen LogP contribution < -0.4 is 10.9 Å². The fraction of sp³-hybridized carbons (Fsp3) is 0.731. The smallest absolute Gasteiger partial charge is 0.299 e. The van der Waals surface area contributed by atoms with Gasteiger partial charge in [0.2, 0.25) is 5.91 Å². The molecule has 0 saturated carbocycles. The first-order valence-electron chi connectivity index (χ1n) is 13.6. The molecular weight excluding hydrogens is 488 g/mol. The normalized spacial score (nSPS) is 25.4. The molecule has 0 bridgehead atoms. The second-order valence-electron chi connectivity index (χ2n) is 11.5. The van der Waals surface area contributed by atoms with E-state index >= 15 is 0 Å². The number of nitrogens with zero attached hydrogens (tertiary/aromatic N) is 6. The number of amides is 3. The highest BCUT2D eigenvalue weighted by atomic mass is 16.7. The fourth-order valence-corrected chi connectivity index (χ4v) is 5.66. The van der Waals surface area contributed by atoms with Gasteiger partial charge in [-0.05, 0) is 57.7 Å². The minimum absolute atomic E-state index is 0.0415. The van der Waals surface area contributed by atoms with Gasteiger partial charge in [-0.3, -0.25) is 24.6 Å². The van der Waals surface area contributed by atoms with E-state index in [0.29, 0.717) is 12.8 Å². The Morgan fingerprint density at radius 3 is 2.39 bits per heavy atom. The van der Waals surface area contributed by atoms with E-state index in [1.54, 1.807) is 11.9 Å². The lowest BCUT2D eigenvalue weighted by Crippen LogP contribution is -2.74. The fourth-order valence-electron chi connectivity index (χ4n) is 5.66. The molecule has 0 aliphatic carbocycles. The third-order valence-corrected chi connectivity index (χ3v) is 7.63. The Balaban J connectivity index is 1.75. The van der Waals surface area contributed by atoms with Crippen molar-refractivity contribution in [3.05, 3.63) is 23.6 Å². The lowest BCUT2D eigenvalue weighted by atomic mass is 9.93. The molecule has 38 heavy (non-hydrogen) atoms. The third-order valence-electron chi connectivity index (χ3n) is 7.63. The predicted octanol–water partition coefficient (Wildman–Crippen LogP) is 0.844. The second-order valence-corrected chi connectivity index (χ2v) is 11.5. The number of likely N-dealkylation sites (tertiary alicyclic amines) is 1. The van der Waals surface area contributed by atoms with Crippen molar-refractivity contribution in [2.24, 2.45) is 11.8 Å². The molecule has 1 unspecified atom stereocenters. The van der Waals surface area contributed by atoms with Crippen LogP contribution in [0.15, 0.2) is 12.4 Å². The first kappa shape index (κ1) is 28.0. The van der Waals surface area contributed by atoms with Crippen molar-refractivity contribution < 1.29 is 19.2 Å². The van der Waals surface area contributed by atoms with Gasteiger partial charge in [0.05, 0.1) is 18.9 Å². The number of aromatic nitrogens is 2. The molecule has 2 N–H and O–H groups in total. The van der Waals surface area contributed by atoms with Gasteiger partial charge in [0.25, 0.3) is 11.8 Å². The number of carbonyl (C=O) groups excluding carboxylic acids is 3. The number of piperazine rings is 1. The average molecular weight is 531 g/mol. The zero-order chi connectivity index (χ0) is 27.7. The number of hydroxylamine groups is 2. The second kappa shape index (κ2) is 11.4. The molecule has 0 radical (unpaired) electrons. The Bertz CT molecular complexity index is 1100. The first-order valence-corrected chi connectivity index (χ1v) is 13.6. The molecule has 3 amide bonds. The highest BCUT2D eigenvalue weighted by molar-refractivity contribution is 5.95. The molecule has 3 saturated heterocycles. The number of hydrogen-bond donors (Lipinski definition) is 2. The predicted molar refractivity (Wildman–Crippen MR) is 140 cm³/mol. The molecule has 0 spiro atoms. The van der Waals surface area contributed by atoms with Gasteiger partial charge >= 0.3 is 0 Å². The summed E-state index contributed by atoms with van der Waals surface area (Å²) in [5, 5.41) is 9.25. The van der Waals surface area contributed by atoms with Crippen LogP contribution >= 0.6 is 0 Å². The number of rotatable bonds is 7. The highest BCUT2D eigenvalue weighted by Crippen LogP contribution is 2.34. The number of piperidine rings is 1. The van der Waals surface area contributed by atoms with Gasteiger partial charge < -0.3 is 20.1 Å². The minimum Gasteiger partial charge on any atom is -0.334 e. The van der Waals surface area contributed by atoms with E-state index in [0.717, 1.165) is 25.9 Å². The van der Waals surface area contributed by atoms with Gasteiger partial charge in [-0.15, -0.1) is 0 Å². The van der Waals surface area contributed by atoms with Crippen LogP contribution in [0.1, 0.15) is 63.9 Å². The summed E-state index contributed by atoms with van der Waals surface area (Å²) in [6, 6.07) is -0.622. The van der Waals surface area contributed by atoms with E-state index in [4.69, 9.17) is 10.2 Å². The van der Waals surface area contributed by atoms with Gasteiger partial charge in [0.1, 0.15) is 11.7 Å². The molecule has 0 aromatic carbocycles. The van der Waals surface area contributed by atoms with E-state index in [9.17, 15) is 14.4 Å². The van der Waals surface area contributed by atoms with E-state index in [1.807, 2.05) is 32.6 Å². The van der Waals surface area contributed by atoms with Crippen LogP contribution in [0.5, 0.6) is 0 Å². The molecule has 4 rings (SSSR count). The summed E-state index contributed by atoms with van der Waals surface area (Å²) in [5.41, 5.74) is 3.01. The standard InChI is InChI=1S/C26H42N8O4/c1-16(2)11-20-25(36)31(18-7-9-30(6)10-8-18)15-23-33(20)26(37)21(12-17(3)4)38-34(23)24(35)19-14-32(28-5)22(27)13-29-19/h13-14,16-18,20-21,23,27-28H,7-12,15H2,1-6H3/t20-,21+,23?/m0/s1. The van der Waals surface area contributed by atoms with E-state index in [-0.39, 0.29) is 47.4 Å². The topological polar surface area (TPSA) is 127 Å². The summed E-state index contributed by atoms with van der Waals surface area (Å²) in [6.45, 7) is 10.0. The van der Waals surface area contributed by atoms with Gasteiger partial charge in [0.15, 0.2) is 17.8 Å². The lowest BCUT2D eigenvalue weighted by Gasteiger charge is -2.55. The quantitative estimate of drug-likeness (QED) is 0.535. The van der Waals surface area contributed by atoms with Crippen LogP contribution in [0.2, 0.25) is 0 Å². The Labute approximate surface area is 224 Å². The summed E-state index contributed by atoms with van der Waals surface area (Å²) in [6.07, 6.45) is 3.71. The van der Waals surface area contributed by atoms with Crippen molar-refractivity contribution in [3.8, 4) is 0 Å². The maximum atomic E-state index is 14.0. The number of hydrogen-bond acceptors (Lipinski definition) is 8. The van der Waals surface area contributed by atoms with Crippen molar-refractivity contribution in [1.29, 1.82) is 5.41 Å². The number of nitrogens with one attached hydrogen (secondary N) is 2. The van der Waals surface area contributed by atoms with Crippen LogP contribution in [0, 0.1) is 17.2 Å². The molecule has 4 heterocycles. The van der Waals surface area contributed by atoms with E-state index in [2.05, 4.69) is 22.4 Å². The highest BCUT2D eigenvalue weighted by Gasteiger charge is 2.54. The van der Waals surface area contributed by atoms with Crippen LogP contribution in [-0.2, 0) is 14.4 Å². The number of carbonyl (C=O) groups is 3. The molecule has 12 nitrogen and oxygen atoms in total. The zero-order valence-electron chi connectivity index (χ0n) is 23.4. The first-order chi connectivity index (χ1) is 18.0. The molecule has 1 aromatic heterocycles. The maximum Gasteiger partial charge on any atom is 0.299 e. The monoisotopic (exact) mass is 530 g/mol. The van der Waals surface area contributed by atoms with Gasteiger partial charge in [0, 0.05) is 13.1 Å². The Morgan fingerprint density at radius 2 is 1.79 bits per heavy atom.